The molecule has 1 aromatic rings. The normalized spacial score (nSPS) is 15.2. The molecule has 0 saturated carbocycles. The minimum atomic E-state index is -7.64. The smallest absolute Gasteiger partial charge is 0.215 e. The first-order valence-electron chi connectivity index (χ1n) is 7.23. The molecule has 0 bridgehead atoms. The summed E-state index contributed by atoms with van der Waals surface area (Å²) in [5, 5.41) is -7.26. The second kappa shape index (κ2) is 8.07. The van der Waals surface area contributed by atoms with Gasteiger partial charge in [-0.2, -0.15) is 47.9 Å². The maximum absolute atomic E-state index is 13.7. The van der Waals surface area contributed by atoms with E-state index >= 15 is 0 Å². The van der Waals surface area contributed by atoms with Gasteiger partial charge >= 0.3 is 33.4 Å². The first kappa shape index (κ1) is 28.5. The van der Waals surface area contributed by atoms with Crippen molar-refractivity contribution in [3.8, 4) is 0 Å². The molecule has 0 spiro atoms. The predicted octanol–water partition coefficient (Wildman–Crippen LogP) is 5.63. The number of hydrogen-bond donors (Lipinski definition) is 0. The molecule has 3 nitrogen and oxygen atoms in total. The van der Waals surface area contributed by atoms with Crippen LogP contribution < -0.4 is 0 Å². The molecule has 0 amide bonds. The van der Waals surface area contributed by atoms with Crippen LogP contribution in [0.15, 0.2) is 0 Å². The minimum absolute atomic E-state index is 0.318. The van der Waals surface area contributed by atoms with E-state index in [1.165, 1.54) is 0 Å². The fraction of sp³-hybridized carbons (Fsp3) is 0.538. The van der Waals surface area contributed by atoms with Crippen LogP contribution in [0.5, 0.6) is 0 Å². The quantitative estimate of drug-likeness (QED) is 0.255. The van der Waals surface area contributed by atoms with Crippen LogP contribution in [0.3, 0.4) is 0 Å². The van der Waals surface area contributed by atoms with Crippen LogP contribution in [-0.4, -0.2) is 44.2 Å². The summed E-state index contributed by atoms with van der Waals surface area (Å²) in [4.78, 5) is 0. The standard InChI is InChI=1S/C13H8F14O3S2/c1-31(2,3-4-5(14)7(16)9(18)8(17)6(4)15)30-32(28,29)13(26,27)11(21,22)10(19,20)12(23,24)25/h3H2,1-2H3. The Morgan fingerprint density at radius 2 is 1.00 bits per heavy atom. The summed E-state index contributed by atoms with van der Waals surface area (Å²) in [6, 6.07) is 0. The van der Waals surface area contributed by atoms with Crippen LogP contribution in [0.4, 0.5) is 61.5 Å². The Kier molecular flexibility index (Phi) is 7.19. The minimum Gasteiger partial charge on any atom is -0.215 e. The van der Waals surface area contributed by atoms with Crippen molar-refractivity contribution in [2.45, 2.75) is 29.0 Å². The predicted molar refractivity (Wildman–Crippen MR) is 80.3 cm³/mol. The summed E-state index contributed by atoms with van der Waals surface area (Å²) in [5.74, 6) is -30.0. The highest BCUT2D eigenvalue weighted by molar-refractivity contribution is 8.31. The van der Waals surface area contributed by atoms with Crippen LogP contribution in [-0.2, 0) is 19.5 Å². The number of benzene rings is 1. The molecule has 0 saturated heterocycles. The molecule has 0 aliphatic rings. The molecular weight excluding hydrogens is 534 g/mol. The third-order valence-electron chi connectivity index (χ3n) is 3.50. The number of rotatable bonds is 7. The zero-order valence-corrected chi connectivity index (χ0v) is 16.7. The molecule has 188 valence electrons. The molecule has 0 radical (unpaired) electrons. The van der Waals surface area contributed by atoms with E-state index < -0.39 is 84.1 Å². The van der Waals surface area contributed by atoms with Crippen LogP contribution in [0, 0.1) is 29.1 Å². The summed E-state index contributed by atoms with van der Waals surface area (Å²) in [5.41, 5.74) is -1.85. The second-order valence-electron chi connectivity index (χ2n) is 6.32. The SMILES string of the molecule is CS(C)(Cc1c(F)c(F)c(F)c(F)c1F)OS(=O)(=O)C(F)(F)C(F)(F)C(F)(F)C(F)(F)F. The monoisotopic (exact) mass is 542 g/mol. The summed E-state index contributed by atoms with van der Waals surface area (Å²) < 4.78 is 209. The van der Waals surface area contributed by atoms with Crippen molar-refractivity contribution in [1.82, 2.24) is 0 Å². The van der Waals surface area contributed by atoms with Gasteiger partial charge in [-0.3, -0.25) is 0 Å². The Hall–Kier alpha value is -1.50. The van der Waals surface area contributed by atoms with Gasteiger partial charge in [0, 0.05) is 11.3 Å². The molecule has 0 unspecified atom stereocenters. The van der Waals surface area contributed by atoms with Crippen molar-refractivity contribution in [3.63, 3.8) is 0 Å². The third-order valence-corrected chi connectivity index (χ3v) is 7.55. The van der Waals surface area contributed by atoms with Gasteiger partial charge in [0.2, 0.25) is 5.82 Å². The highest BCUT2D eigenvalue weighted by atomic mass is 32.3. The number of hydrogen-bond acceptors (Lipinski definition) is 3. The number of alkyl halides is 9. The Morgan fingerprint density at radius 3 is 1.34 bits per heavy atom. The fourth-order valence-corrected chi connectivity index (χ4v) is 5.82. The summed E-state index contributed by atoms with van der Waals surface area (Å²) in [6.07, 6.45) is -6.72. The lowest BCUT2D eigenvalue weighted by Crippen LogP contribution is -2.63. The lowest BCUT2D eigenvalue weighted by molar-refractivity contribution is -0.382. The Balaban J connectivity index is 3.45. The van der Waals surface area contributed by atoms with Gasteiger partial charge in [0.15, 0.2) is 23.3 Å². The number of halogens is 14. The van der Waals surface area contributed by atoms with Crippen LogP contribution in [0.1, 0.15) is 5.56 Å². The molecule has 32 heavy (non-hydrogen) atoms. The van der Waals surface area contributed by atoms with Gasteiger partial charge in [0.25, 0.3) is 0 Å². The zero-order valence-electron chi connectivity index (χ0n) is 15.0. The van der Waals surface area contributed by atoms with Crippen molar-refractivity contribution < 1.29 is 73.5 Å². The van der Waals surface area contributed by atoms with E-state index in [4.69, 9.17) is 0 Å². The van der Waals surface area contributed by atoms with E-state index in [-0.39, 0.29) is 0 Å². The van der Waals surface area contributed by atoms with Gasteiger partial charge in [-0.15, -0.1) is 10.3 Å². The zero-order chi connectivity index (χ0) is 25.9. The summed E-state index contributed by atoms with van der Waals surface area (Å²) >= 11 is 0. The largest absolute Gasteiger partial charge is 0.460 e. The van der Waals surface area contributed by atoms with Crippen molar-refractivity contribution in [2.24, 2.45) is 0 Å². The van der Waals surface area contributed by atoms with Crippen molar-refractivity contribution in [1.29, 1.82) is 0 Å². The lowest BCUT2D eigenvalue weighted by atomic mass is 10.1. The van der Waals surface area contributed by atoms with E-state index in [2.05, 4.69) is 3.63 Å². The molecule has 1 rings (SSSR count). The van der Waals surface area contributed by atoms with E-state index in [9.17, 15) is 69.9 Å². The molecule has 0 fully saturated rings. The molecule has 0 heterocycles. The summed E-state index contributed by atoms with van der Waals surface area (Å²) in [7, 11) is -11.6. The molecule has 0 aromatic heterocycles. The summed E-state index contributed by atoms with van der Waals surface area (Å²) in [6.45, 7) is 0. The Bertz CT molecular complexity index is 971. The van der Waals surface area contributed by atoms with Crippen molar-refractivity contribution in [3.05, 3.63) is 34.6 Å². The topological polar surface area (TPSA) is 43.4 Å². The van der Waals surface area contributed by atoms with E-state index in [0.29, 0.717) is 12.5 Å². The molecule has 1 aromatic carbocycles. The molecule has 0 atom stereocenters. The first-order valence-corrected chi connectivity index (χ1v) is 11.2. The lowest BCUT2D eigenvalue weighted by Gasteiger charge is -2.36. The van der Waals surface area contributed by atoms with E-state index in [1.807, 2.05) is 0 Å². The molecule has 0 aliphatic carbocycles. The van der Waals surface area contributed by atoms with Crippen LogP contribution >= 0.6 is 10.3 Å². The van der Waals surface area contributed by atoms with Crippen LogP contribution in [0.2, 0.25) is 0 Å². The van der Waals surface area contributed by atoms with Crippen molar-refractivity contribution >= 4 is 20.4 Å². The Morgan fingerprint density at radius 1 is 0.656 bits per heavy atom. The highest BCUT2D eigenvalue weighted by Gasteiger charge is 2.86. The highest BCUT2D eigenvalue weighted by Crippen LogP contribution is 2.58. The van der Waals surface area contributed by atoms with Crippen molar-refractivity contribution in [2.75, 3.05) is 12.5 Å². The third kappa shape index (κ3) is 4.46. The fourth-order valence-electron chi connectivity index (χ4n) is 1.95. The average Bonchev–Trinajstić information content (AvgIpc) is 2.59. The first-order chi connectivity index (χ1) is 13.9. The Labute approximate surface area is 171 Å². The van der Waals surface area contributed by atoms with Gasteiger partial charge in [0.1, 0.15) is 0 Å². The molecule has 0 N–H and O–H groups in total. The molecular formula is C13H8F14O3S2. The van der Waals surface area contributed by atoms with Gasteiger partial charge < -0.3 is 0 Å². The maximum atomic E-state index is 13.7. The van der Waals surface area contributed by atoms with Crippen LogP contribution in [0.25, 0.3) is 0 Å². The molecule has 19 heteroatoms. The van der Waals surface area contributed by atoms with Gasteiger partial charge in [-0.25, -0.2) is 25.6 Å². The molecule has 0 aliphatic heterocycles. The van der Waals surface area contributed by atoms with Gasteiger partial charge in [-0.1, -0.05) is 0 Å². The van der Waals surface area contributed by atoms with Gasteiger partial charge in [-0.05, 0) is 12.5 Å². The van der Waals surface area contributed by atoms with E-state index in [1.54, 1.807) is 0 Å². The van der Waals surface area contributed by atoms with Gasteiger partial charge in [0.05, 0.1) is 0 Å². The second-order valence-corrected chi connectivity index (χ2v) is 11.4. The van der Waals surface area contributed by atoms with E-state index in [0.717, 1.165) is 0 Å². The maximum Gasteiger partial charge on any atom is 0.460 e. The average molecular weight is 542 g/mol.